The molecule has 0 bridgehead atoms. The van der Waals surface area contributed by atoms with Crippen LogP contribution in [0.4, 0.5) is 0 Å². The SMILES string of the molecule is c1ccc(-c2cccc(-n3c4ccccc4c4cc(-c5ccc6c(c5)c5ccccc5n6-c5ccc6c(c5)-c5cc7ccccc7c7cccc-6c57)ccc43)c2)cc1. The molecule has 2 heteroatoms. The fraction of sp³-hybridized carbons (Fsp3) is 0. The van der Waals surface area contributed by atoms with Crippen LogP contribution in [0.3, 0.4) is 0 Å². The van der Waals surface area contributed by atoms with Crippen LogP contribution in [-0.4, -0.2) is 9.13 Å². The second kappa shape index (κ2) is 11.9. The molecule has 12 aromatic rings. The van der Waals surface area contributed by atoms with Crippen LogP contribution >= 0.6 is 0 Å². The molecule has 0 fully saturated rings. The Labute approximate surface area is 335 Å². The minimum atomic E-state index is 1.16. The Balaban J connectivity index is 0.959. The van der Waals surface area contributed by atoms with Crippen molar-refractivity contribution in [2.24, 2.45) is 0 Å². The first-order valence-electron chi connectivity index (χ1n) is 20.1. The zero-order valence-electron chi connectivity index (χ0n) is 31.5. The van der Waals surface area contributed by atoms with E-state index in [0.717, 1.165) is 5.69 Å². The molecule has 2 nitrogen and oxygen atoms in total. The van der Waals surface area contributed by atoms with Gasteiger partial charge in [-0.05, 0) is 133 Å². The van der Waals surface area contributed by atoms with Crippen molar-refractivity contribution in [1.29, 1.82) is 0 Å². The summed E-state index contributed by atoms with van der Waals surface area (Å²) in [5.41, 5.74) is 17.3. The Hall–Kier alpha value is -7.68. The third kappa shape index (κ3) is 4.43. The van der Waals surface area contributed by atoms with Gasteiger partial charge < -0.3 is 9.13 Å². The first-order chi connectivity index (χ1) is 28.8. The quantitative estimate of drug-likeness (QED) is 0.159. The van der Waals surface area contributed by atoms with E-state index in [0.29, 0.717) is 0 Å². The Bertz CT molecular complexity index is 3670. The van der Waals surface area contributed by atoms with Crippen molar-refractivity contribution >= 4 is 65.2 Å². The number of nitrogens with zero attached hydrogens (tertiary/aromatic N) is 2. The lowest BCUT2D eigenvalue weighted by molar-refractivity contribution is 1.18. The number of hydrogen-bond acceptors (Lipinski definition) is 0. The molecule has 0 N–H and O–H groups in total. The highest BCUT2D eigenvalue weighted by Crippen LogP contribution is 2.50. The second-order valence-electron chi connectivity index (χ2n) is 15.7. The maximum absolute atomic E-state index is 2.45. The molecule has 0 amide bonds. The smallest absolute Gasteiger partial charge is 0.0541 e. The molecule has 0 atom stereocenters. The van der Waals surface area contributed by atoms with Gasteiger partial charge in [-0.25, -0.2) is 0 Å². The third-order valence-electron chi connectivity index (χ3n) is 12.6. The Morgan fingerprint density at radius 2 is 0.793 bits per heavy atom. The predicted octanol–water partition coefficient (Wildman–Crippen LogP) is 15.2. The monoisotopic (exact) mass is 734 g/mol. The standard InChI is InChI=1S/C56H34N2/c1-2-12-35(13-3-1)36-15-10-16-40(30-36)57-52-22-8-6-18-44(52)49-31-37(24-28-54(49)57)38-25-29-55-50(32-38)45-19-7-9-23-53(45)58(55)41-26-27-43-47-21-11-20-46-42-17-5-4-14-39(42)33-51(56(46)47)48(43)34-41/h1-34H. The van der Waals surface area contributed by atoms with Crippen LogP contribution in [0.15, 0.2) is 206 Å². The van der Waals surface area contributed by atoms with Gasteiger partial charge in [-0.15, -0.1) is 0 Å². The van der Waals surface area contributed by atoms with Crippen LogP contribution < -0.4 is 0 Å². The number of aromatic nitrogens is 2. The van der Waals surface area contributed by atoms with Crippen molar-refractivity contribution in [1.82, 2.24) is 9.13 Å². The maximum atomic E-state index is 2.45. The van der Waals surface area contributed by atoms with Crippen LogP contribution in [0.2, 0.25) is 0 Å². The molecule has 58 heavy (non-hydrogen) atoms. The minimum Gasteiger partial charge on any atom is -0.309 e. The summed E-state index contributed by atoms with van der Waals surface area (Å²) < 4.78 is 4.87. The van der Waals surface area contributed by atoms with E-state index < -0.39 is 0 Å². The highest BCUT2D eigenvalue weighted by atomic mass is 15.0. The average Bonchev–Trinajstić information content (AvgIpc) is 3.92. The van der Waals surface area contributed by atoms with Gasteiger partial charge in [0.05, 0.1) is 22.1 Å². The molecule has 10 aromatic carbocycles. The van der Waals surface area contributed by atoms with E-state index in [-0.39, 0.29) is 0 Å². The van der Waals surface area contributed by atoms with E-state index in [1.54, 1.807) is 0 Å². The van der Waals surface area contributed by atoms with Gasteiger partial charge in [0.25, 0.3) is 0 Å². The third-order valence-corrected chi connectivity index (χ3v) is 12.6. The van der Waals surface area contributed by atoms with E-state index in [9.17, 15) is 0 Å². The number of benzene rings is 10. The maximum Gasteiger partial charge on any atom is 0.0541 e. The zero-order chi connectivity index (χ0) is 37.9. The normalized spacial score (nSPS) is 12.1. The van der Waals surface area contributed by atoms with Crippen LogP contribution in [0.1, 0.15) is 0 Å². The molecular weight excluding hydrogens is 701 g/mol. The number of rotatable bonds is 4. The summed E-state index contributed by atoms with van der Waals surface area (Å²) in [6.45, 7) is 0. The molecule has 2 heterocycles. The van der Waals surface area contributed by atoms with Gasteiger partial charge in [0.2, 0.25) is 0 Å². The summed E-state index contributed by atoms with van der Waals surface area (Å²) in [6, 6.07) is 76.2. The largest absolute Gasteiger partial charge is 0.309 e. The fourth-order valence-corrected chi connectivity index (χ4v) is 10.0. The summed E-state index contributed by atoms with van der Waals surface area (Å²) in [5, 5.41) is 10.3. The molecule has 0 aliphatic heterocycles. The van der Waals surface area contributed by atoms with E-state index in [2.05, 4.69) is 215 Å². The highest BCUT2D eigenvalue weighted by Gasteiger charge is 2.24. The lowest BCUT2D eigenvalue weighted by Crippen LogP contribution is -1.95. The van der Waals surface area contributed by atoms with E-state index in [1.807, 2.05) is 0 Å². The van der Waals surface area contributed by atoms with E-state index in [1.165, 1.54) is 115 Å². The lowest BCUT2D eigenvalue weighted by atomic mass is 9.96. The van der Waals surface area contributed by atoms with Crippen LogP contribution in [-0.2, 0) is 0 Å². The van der Waals surface area contributed by atoms with Gasteiger partial charge in [-0.1, -0.05) is 140 Å². The first-order valence-corrected chi connectivity index (χ1v) is 20.1. The number of para-hydroxylation sites is 2. The molecule has 2 aromatic heterocycles. The van der Waals surface area contributed by atoms with Gasteiger partial charge >= 0.3 is 0 Å². The molecule has 0 saturated heterocycles. The number of hydrogen-bond donors (Lipinski definition) is 0. The summed E-state index contributed by atoms with van der Waals surface area (Å²) >= 11 is 0. The molecule has 0 spiro atoms. The Kier molecular flexibility index (Phi) is 6.47. The molecule has 1 aliphatic carbocycles. The van der Waals surface area contributed by atoms with Crippen molar-refractivity contribution in [3.05, 3.63) is 206 Å². The Morgan fingerprint density at radius 3 is 1.52 bits per heavy atom. The van der Waals surface area contributed by atoms with Crippen molar-refractivity contribution in [2.75, 3.05) is 0 Å². The van der Waals surface area contributed by atoms with Crippen LogP contribution in [0.25, 0.3) is 121 Å². The molecule has 268 valence electrons. The minimum absolute atomic E-state index is 1.16. The molecule has 13 rings (SSSR count). The van der Waals surface area contributed by atoms with Crippen molar-refractivity contribution in [3.63, 3.8) is 0 Å². The highest BCUT2D eigenvalue weighted by molar-refractivity contribution is 6.23. The first kappa shape index (κ1) is 31.5. The van der Waals surface area contributed by atoms with Gasteiger partial charge in [0.15, 0.2) is 0 Å². The predicted molar refractivity (Wildman–Crippen MR) is 245 cm³/mol. The summed E-state index contributed by atoms with van der Waals surface area (Å²) in [4.78, 5) is 0. The van der Waals surface area contributed by atoms with Crippen molar-refractivity contribution in [2.45, 2.75) is 0 Å². The van der Waals surface area contributed by atoms with Gasteiger partial charge in [-0.2, -0.15) is 0 Å². The topological polar surface area (TPSA) is 9.86 Å². The van der Waals surface area contributed by atoms with Gasteiger partial charge in [0.1, 0.15) is 0 Å². The molecule has 1 aliphatic rings. The molecule has 0 saturated carbocycles. The molecule has 0 unspecified atom stereocenters. The Morgan fingerprint density at radius 1 is 0.241 bits per heavy atom. The fourth-order valence-electron chi connectivity index (χ4n) is 10.0. The van der Waals surface area contributed by atoms with Gasteiger partial charge in [-0.3, -0.25) is 0 Å². The van der Waals surface area contributed by atoms with E-state index >= 15 is 0 Å². The summed E-state index contributed by atoms with van der Waals surface area (Å²) in [5.74, 6) is 0. The zero-order valence-corrected chi connectivity index (χ0v) is 31.5. The van der Waals surface area contributed by atoms with Crippen LogP contribution in [0.5, 0.6) is 0 Å². The van der Waals surface area contributed by atoms with E-state index in [4.69, 9.17) is 0 Å². The average molecular weight is 735 g/mol. The van der Waals surface area contributed by atoms with Gasteiger partial charge in [0, 0.05) is 32.9 Å². The van der Waals surface area contributed by atoms with Crippen LogP contribution in [0, 0.1) is 0 Å². The molecular formula is C56H34N2. The lowest BCUT2D eigenvalue weighted by Gasteiger charge is -2.12. The second-order valence-corrected chi connectivity index (χ2v) is 15.7. The summed E-state index contributed by atoms with van der Waals surface area (Å²) in [6.07, 6.45) is 0. The van der Waals surface area contributed by atoms with Crippen molar-refractivity contribution < 1.29 is 0 Å². The molecule has 0 radical (unpaired) electrons. The van der Waals surface area contributed by atoms with Crippen molar-refractivity contribution in [3.8, 4) is 55.9 Å². The summed E-state index contributed by atoms with van der Waals surface area (Å²) in [7, 11) is 0. The number of fused-ring (bicyclic) bond motifs is 11.